The molecule has 0 radical (unpaired) electrons. The summed E-state index contributed by atoms with van der Waals surface area (Å²) in [5.74, 6) is -0.651. The second kappa shape index (κ2) is 9.07. The molecule has 7 heteroatoms. The smallest absolute Gasteiger partial charge is 0.228 e. The lowest BCUT2D eigenvalue weighted by Crippen LogP contribution is -2.44. The van der Waals surface area contributed by atoms with Gasteiger partial charge < -0.3 is 5.32 Å². The van der Waals surface area contributed by atoms with Gasteiger partial charge in [-0.1, -0.05) is 48.9 Å². The zero-order chi connectivity index (χ0) is 20.1. The number of carbonyl (C=O) groups is 1. The van der Waals surface area contributed by atoms with Crippen molar-refractivity contribution in [2.24, 2.45) is 5.92 Å². The van der Waals surface area contributed by atoms with Crippen molar-refractivity contribution in [3.05, 3.63) is 64.7 Å². The van der Waals surface area contributed by atoms with Gasteiger partial charge in [-0.2, -0.15) is 0 Å². The SMILES string of the molecule is CCc1ccc(NC(=O)C2CCCN(S(=O)(=O)Cc3ccccc3Cl)C2)cc1. The van der Waals surface area contributed by atoms with Crippen molar-refractivity contribution in [1.82, 2.24) is 4.31 Å². The van der Waals surface area contributed by atoms with E-state index >= 15 is 0 Å². The van der Waals surface area contributed by atoms with Crippen molar-refractivity contribution in [3.8, 4) is 0 Å². The molecule has 0 bridgehead atoms. The van der Waals surface area contributed by atoms with Gasteiger partial charge in [-0.05, 0) is 48.6 Å². The number of rotatable bonds is 6. The third-order valence-electron chi connectivity index (χ3n) is 5.07. The van der Waals surface area contributed by atoms with Crippen molar-refractivity contribution in [2.75, 3.05) is 18.4 Å². The number of halogens is 1. The first-order chi connectivity index (χ1) is 13.4. The quantitative estimate of drug-likeness (QED) is 0.765. The monoisotopic (exact) mass is 420 g/mol. The van der Waals surface area contributed by atoms with E-state index in [1.165, 1.54) is 9.87 Å². The van der Waals surface area contributed by atoms with Gasteiger partial charge in [0.1, 0.15) is 0 Å². The lowest BCUT2D eigenvalue weighted by Gasteiger charge is -2.31. The average molecular weight is 421 g/mol. The largest absolute Gasteiger partial charge is 0.326 e. The summed E-state index contributed by atoms with van der Waals surface area (Å²) in [7, 11) is -3.54. The molecule has 0 saturated carbocycles. The van der Waals surface area contributed by atoms with Gasteiger partial charge in [0.05, 0.1) is 11.7 Å². The van der Waals surface area contributed by atoms with E-state index in [2.05, 4.69) is 12.2 Å². The minimum Gasteiger partial charge on any atom is -0.326 e. The van der Waals surface area contributed by atoms with Crippen LogP contribution in [0.25, 0.3) is 0 Å². The maximum absolute atomic E-state index is 12.8. The van der Waals surface area contributed by atoms with Crippen LogP contribution in [0.1, 0.15) is 30.9 Å². The Morgan fingerprint density at radius 3 is 2.57 bits per heavy atom. The Kier molecular flexibility index (Phi) is 6.75. The summed E-state index contributed by atoms with van der Waals surface area (Å²) in [5.41, 5.74) is 2.51. The molecule has 0 aliphatic carbocycles. The lowest BCUT2D eigenvalue weighted by atomic mass is 9.98. The molecule has 2 aromatic carbocycles. The standard InChI is InChI=1S/C21H25ClN2O3S/c1-2-16-9-11-19(12-10-16)23-21(25)17-7-5-13-24(14-17)28(26,27)15-18-6-3-4-8-20(18)22/h3-4,6,8-12,17H,2,5,7,13-15H2,1H3,(H,23,25). The first-order valence-electron chi connectivity index (χ1n) is 9.50. The summed E-state index contributed by atoms with van der Waals surface area (Å²) in [6.45, 7) is 2.71. The van der Waals surface area contributed by atoms with Crippen LogP contribution in [0.4, 0.5) is 5.69 Å². The number of anilines is 1. The Hall–Kier alpha value is -1.89. The molecule has 1 fully saturated rings. The summed E-state index contributed by atoms with van der Waals surface area (Å²) in [6, 6.07) is 14.7. The van der Waals surface area contributed by atoms with E-state index in [1.807, 2.05) is 24.3 Å². The fourth-order valence-electron chi connectivity index (χ4n) is 3.38. The van der Waals surface area contributed by atoms with Crippen LogP contribution in [-0.2, 0) is 27.0 Å². The van der Waals surface area contributed by atoms with E-state index in [1.54, 1.807) is 24.3 Å². The van der Waals surface area contributed by atoms with Crippen molar-refractivity contribution >= 4 is 33.2 Å². The molecule has 1 heterocycles. The highest BCUT2D eigenvalue weighted by molar-refractivity contribution is 7.88. The number of nitrogens with one attached hydrogen (secondary N) is 1. The van der Waals surface area contributed by atoms with Crippen LogP contribution in [-0.4, -0.2) is 31.7 Å². The molecule has 150 valence electrons. The first-order valence-corrected chi connectivity index (χ1v) is 11.5. The summed E-state index contributed by atoms with van der Waals surface area (Å²) >= 11 is 6.11. The Morgan fingerprint density at radius 1 is 1.18 bits per heavy atom. The maximum Gasteiger partial charge on any atom is 0.228 e. The van der Waals surface area contributed by atoms with Gasteiger partial charge in [-0.3, -0.25) is 4.79 Å². The van der Waals surface area contributed by atoms with Crippen molar-refractivity contribution in [2.45, 2.75) is 31.9 Å². The van der Waals surface area contributed by atoms with Crippen molar-refractivity contribution in [1.29, 1.82) is 0 Å². The van der Waals surface area contributed by atoms with Crippen LogP contribution in [0.3, 0.4) is 0 Å². The van der Waals surface area contributed by atoms with E-state index in [-0.39, 0.29) is 24.1 Å². The van der Waals surface area contributed by atoms with E-state index in [4.69, 9.17) is 11.6 Å². The van der Waals surface area contributed by atoms with Gasteiger partial charge in [0.2, 0.25) is 15.9 Å². The van der Waals surface area contributed by atoms with Gasteiger partial charge >= 0.3 is 0 Å². The van der Waals surface area contributed by atoms with E-state index < -0.39 is 10.0 Å². The molecule has 0 aromatic heterocycles. The fourth-order valence-corrected chi connectivity index (χ4v) is 5.30. The molecule has 28 heavy (non-hydrogen) atoms. The molecule has 1 N–H and O–H groups in total. The second-order valence-corrected chi connectivity index (χ2v) is 9.46. The van der Waals surface area contributed by atoms with Gasteiger partial charge in [-0.25, -0.2) is 12.7 Å². The van der Waals surface area contributed by atoms with Crippen LogP contribution in [0.5, 0.6) is 0 Å². The third kappa shape index (κ3) is 5.13. The van der Waals surface area contributed by atoms with Gasteiger partial charge in [0.15, 0.2) is 0 Å². The molecular formula is C21H25ClN2O3S. The zero-order valence-electron chi connectivity index (χ0n) is 15.9. The predicted molar refractivity (Wildman–Crippen MR) is 113 cm³/mol. The molecule has 3 rings (SSSR count). The number of hydrogen-bond donors (Lipinski definition) is 1. The number of amides is 1. The summed E-state index contributed by atoms with van der Waals surface area (Å²) in [5, 5.41) is 3.35. The number of sulfonamides is 1. The van der Waals surface area contributed by atoms with Gasteiger partial charge in [0, 0.05) is 23.8 Å². The number of nitrogens with zero attached hydrogens (tertiary/aromatic N) is 1. The molecule has 5 nitrogen and oxygen atoms in total. The van der Waals surface area contributed by atoms with Crippen LogP contribution in [0.2, 0.25) is 5.02 Å². The lowest BCUT2D eigenvalue weighted by molar-refractivity contribution is -0.120. The average Bonchev–Trinajstić information content (AvgIpc) is 2.70. The third-order valence-corrected chi connectivity index (χ3v) is 7.24. The minimum absolute atomic E-state index is 0.137. The number of carbonyl (C=O) groups excluding carboxylic acids is 1. The zero-order valence-corrected chi connectivity index (χ0v) is 17.5. The first kappa shape index (κ1) is 20.8. The highest BCUT2D eigenvalue weighted by Gasteiger charge is 2.32. The summed E-state index contributed by atoms with van der Waals surface area (Å²) < 4.78 is 27.1. The molecule has 2 aromatic rings. The highest BCUT2D eigenvalue weighted by atomic mass is 35.5. The Morgan fingerprint density at radius 2 is 1.89 bits per heavy atom. The van der Waals surface area contributed by atoms with Crippen LogP contribution >= 0.6 is 11.6 Å². The Bertz CT molecular complexity index is 929. The molecule has 1 atom stereocenters. The number of hydrogen-bond acceptors (Lipinski definition) is 3. The molecule has 1 saturated heterocycles. The second-order valence-electron chi connectivity index (χ2n) is 7.08. The topological polar surface area (TPSA) is 66.5 Å². The fraction of sp³-hybridized carbons (Fsp3) is 0.381. The van der Waals surface area contributed by atoms with Crippen LogP contribution < -0.4 is 5.32 Å². The van der Waals surface area contributed by atoms with Crippen molar-refractivity contribution in [3.63, 3.8) is 0 Å². The maximum atomic E-state index is 12.8. The van der Waals surface area contributed by atoms with Crippen LogP contribution in [0, 0.1) is 5.92 Å². The highest BCUT2D eigenvalue weighted by Crippen LogP contribution is 2.25. The van der Waals surface area contributed by atoms with Gasteiger partial charge in [-0.15, -0.1) is 0 Å². The molecule has 1 amide bonds. The van der Waals surface area contributed by atoms with E-state index in [0.717, 1.165) is 12.1 Å². The predicted octanol–water partition coefficient (Wildman–Crippen LogP) is 4.08. The normalized spacial score (nSPS) is 18.0. The van der Waals surface area contributed by atoms with Crippen molar-refractivity contribution < 1.29 is 13.2 Å². The Balaban J connectivity index is 1.65. The van der Waals surface area contributed by atoms with E-state index in [9.17, 15) is 13.2 Å². The van der Waals surface area contributed by atoms with E-state index in [0.29, 0.717) is 30.0 Å². The molecular weight excluding hydrogens is 396 g/mol. The number of piperidine rings is 1. The number of aryl methyl sites for hydroxylation is 1. The summed E-state index contributed by atoms with van der Waals surface area (Å²) in [4.78, 5) is 12.7. The summed E-state index contributed by atoms with van der Waals surface area (Å²) in [6.07, 6.45) is 2.28. The molecule has 0 spiro atoms. The molecule has 1 aliphatic rings. The van der Waals surface area contributed by atoms with Crippen LogP contribution in [0.15, 0.2) is 48.5 Å². The van der Waals surface area contributed by atoms with Gasteiger partial charge in [0.25, 0.3) is 0 Å². The molecule has 1 unspecified atom stereocenters. The minimum atomic E-state index is -3.54. The number of benzene rings is 2. The Labute approximate surface area is 171 Å². The molecule has 1 aliphatic heterocycles.